The first-order valence-corrected chi connectivity index (χ1v) is 5.79. The first-order chi connectivity index (χ1) is 8.35. The maximum atomic E-state index is 11.5. The van der Waals surface area contributed by atoms with Gasteiger partial charge in [-0.25, -0.2) is 0 Å². The summed E-state index contributed by atoms with van der Waals surface area (Å²) in [6.07, 6.45) is -1.26. The molecule has 7 nitrogen and oxygen atoms in total. The predicted octanol–water partition coefficient (Wildman–Crippen LogP) is -2.02. The zero-order chi connectivity index (χ0) is 14.2. The van der Waals surface area contributed by atoms with E-state index in [1.165, 1.54) is 0 Å². The first-order valence-electron chi connectivity index (χ1n) is 5.79. The summed E-state index contributed by atoms with van der Waals surface area (Å²) in [6, 6.07) is 0. The van der Waals surface area contributed by atoms with Crippen LogP contribution in [0.25, 0.3) is 0 Å². The summed E-state index contributed by atoms with van der Waals surface area (Å²) >= 11 is 0. The van der Waals surface area contributed by atoms with Gasteiger partial charge < -0.3 is 26.0 Å². The molecule has 18 heavy (non-hydrogen) atoms. The van der Waals surface area contributed by atoms with Crippen LogP contribution < -0.4 is 10.6 Å². The van der Waals surface area contributed by atoms with Crippen molar-refractivity contribution in [1.82, 2.24) is 10.6 Å². The van der Waals surface area contributed by atoms with E-state index in [0.29, 0.717) is 0 Å². The van der Waals surface area contributed by atoms with Crippen LogP contribution in [-0.2, 0) is 9.59 Å². The van der Waals surface area contributed by atoms with Crippen LogP contribution in [0.15, 0.2) is 0 Å². The fourth-order valence-electron chi connectivity index (χ4n) is 1.12. The number of rotatable bonds is 8. The third-order valence-corrected chi connectivity index (χ3v) is 2.48. The van der Waals surface area contributed by atoms with E-state index in [0.717, 1.165) is 0 Å². The van der Waals surface area contributed by atoms with Crippen LogP contribution in [0.1, 0.15) is 20.3 Å². The number of nitrogens with one attached hydrogen (secondary N) is 2. The van der Waals surface area contributed by atoms with Gasteiger partial charge in [0.25, 0.3) is 0 Å². The second-order valence-electron chi connectivity index (χ2n) is 4.66. The van der Waals surface area contributed by atoms with Crippen LogP contribution in [0.2, 0.25) is 0 Å². The molecule has 0 radical (unpaired) electrons. The van der Waals surface area contributed by atoms with Gasteiger partial charge in [-0.1, -0.05) is 13.8 Å². The van der Waals surface area contributed by atoms with E-state index < -0.39 is 17.4 Å². The zero-order valence-corrected chi connectivity index (χ0v) is 10.8. The molecule has 0 aliphatic rings. The lowest BCUT2D eigenvalue weighted by Crippen LogP contribution is -2.46. The number of aliphatic hydroxyl groups excluding tert-OH is 3. The minimum absolute atomic E-state index is 0.0675. The van der Waals surface area contributed by atoms with Crippen LogP contribution in [0.3, 0.4) is 0 Å². The second-order valence-corrected chi connectivity index (χ2v) is 4.66. The summed E-state index contributed by atoms with van der Waals surface area (Å²) in [5, 5.41) is 32.0. The van der Waals surface area contributed by atoms with Crippen molar-refractivity contribution in [2.45, 2.75) is 26.4 Å². The molecule has 0 saturated carbocycles. The highest BCUT2D eigenvalue weighted by atomic mass is 16.3. The van der Waals surface area contributed by atoms with Crippen LogP contribution >= 0.6 is 0 Å². The van der Waals surface area contributed by atoms with Gasteiger partial charge in [-0.2, -0.15) is 0 Å². The van der Waals surface area contributed by atoms with Gasteiger partial charge in [0.2, 0.25) is 11.8 Å². The molecule has 5 N–H and O–H groups in total. The van der Waals surface area contributed by atoms with E-state index >= 15 is 0 Å². The summed E-state index contributed by atoms with van der Waals surface area (Å²) < 4.78 is 0. The lowest BCUT2D eigenvalue weighted by atomic mass is 9.87. The van der Waals surface area contributed by atoms with Gasteiger partial charge in [0.05, 0.1) is 13.2 Å². The molecule has 0 fully saturated rings. The Bertz CT molecular complexity index is 281. The maximum absolute atomic E-state index is 11.5. The number of carbonyl (C=O) groups is 2. The molecule has 1 atom stereocenters. The van der Waals surface area contributed by atoms with Crippen molar-refractivity contribution in [3.8, 4) is 0 Å². The van der Waals surface area contributed by atoms with Crippen molar-refractivity contribution in [1.29, 1.82) is 0 Å². The van der Waals surface area contributed by atoms with Gasteiger partial charge in [-0.3, -0.25) is 9.59 Å². The zero-order valence-electron chi connectivity index (χ0n) is 10.8. The predicted molar refractivity (Wildman–Crippen MR) is 64.6 cm³/mol. The van der Waals surface area contributed by atoms with Gasteiger partial charge in [-0.05, 0) is 0 Å². The average Bonchev–Trinajstić information content (AvgIpc) is 2.35. The van der Waals surface area contributed by atoms with Crippen molar-refractivity contribution in [3.63, 3.8) is 0 Å². The summed E-state index contributed by atoms with van der Waals surface area (Å²) in [5.74, 6) is -0.913. The monoisotopic (exact) mass is 262 g/mol. The highest BCUT2D eigenvalue weighted by Gasteiger charge is 2.32. The molecule has 0 heterocycles. The number of hydrogen-bond donors (Lipinski definition) is 5. The summed E-state index contributed by atoms with van der Waals surface area (Å²) in [5.41, 5.74) is -0.927. The molecule has 0 aromatic rings. The van der Waals surface area contributed by atoms with Crippen LogP contribution in [0.5, 0.6) is 0 Å². The standard InChI is InChI=1S/C11H22N2O5/c1-11(2,7-15)9(17)10(18)13-4-3-8(16)12-5-6-14/h9,14-15,17H,3-7H2,1-2H3,(H,12,16)(H,13,18)/t9-/m1/s1. The van der Waals surface area contributed by atoms with Crippen LogP contribution in [0, 0.1) is 5.41 Å². The third kappa shape index (κ3) is 5.95. The quantitative estimate of drug-likeness (QED) is 0.346. The van der Waals surface area contributed by atoms with Crippen molar-refractivity contribution < 1.29 is 24.9 Å². The molecule has 106 valence electrons. The summed E-state index contributed by atoms with van der Waals surface area (Å²) in [4.78, 5) is 22.6. The van der Waals surface area contributed by atoms with Crippen molar-refractivity contribution in [3.05, 3.63) is 0 Å². The number of aliphatic hydroxyl groups is 3. The van der Waals surface area contributed by atoms with E-state index in [9.17, 15) is 14.7 Å². The Kier molecular flexibility index (Phi) is 7.49. The molecule has 0 aliphatic heterocycles. The van der Waals surface area contributed by atoms with E-state index in [2.05, 4.69) is 10.6 Å². The molecule has 2 amide bonds. The molecule has 0 saturated heterocycles. The SMILES string of the molecule is CC(C)(CO)[C@H](O)C(=O)NCCC(=O)NCCO. The molecule has 0 unspecified atom stereocenters. The molecule has 0 rings (SSSR count). The Balaban J connectivity index is 3.94. The first kappa shape index (κ1) is 16.8. The molecule has 7 heteroatoms. The lowest BCUT2D eigenvalue weighted by Gasteiger charge is -2.27. The van der Waals surface area contributed by atoms with E-state index in [1.807, 2.05) is 0 Å². The van der Waals surface area contributed by atoms with Crippen LogP contribution in [-0.4, -0.2) is 59.5 Å². The van der Waals surface area contributed by atoms with Gasteiger partial charge in [0.1, 0.15) is 6.10 Å². The number of hydrogen-bond acceptors (Lipinski definition) is 5. The fourth-order valence-corrected chi connectivity index (χ4v) is 1.12. The number of carbonyl (C=O) groups excluding carboxylic acids is 2. The van der Waals surface area contributed by atoms with E-state index in [-0.39, 0.29) is 38.6 Å². The summed E-state index contributed by atoms with van der Waals surface area (Å²) in [6.45, 7) is 2.93. The topological polar surface area (TPSA) is 119 Å². The molecular weight excluding hydrogens is 240 g/mol. The van der Waals surface area contributed by atoms with Gasteiger partial charge in [-0.15, -0.1) is 0 Å². The van der Waals surface area contributed by atoms with Crippen LogP contribution in [0.4, 0.5) is 0 Å². The molecule has 0 aromatic heterocycles. The lowest BCUT2D eigenvalue weighted by molar-refractivity contribution is -0.137. The van der Waals surface area contributed by atoms with E-state index in [4.69, 9.17) is 10.2 Å². The molecule has 0 spiro atoms. The second kappa shape index (κ2) is 8.02. The van der Waals surface area contributed by atoms with Gasteiger partial charge in [0, 0.05) is 24.9 Å². The molecular formula is C11H22N2O5. The highest BCUT2D eigenvalue weighted by Crippen LogP contribution is 2.19. The fraction of sp³-hybridized carbons (Fsp3) is 0.818. The van der Waals surface area contributed by atoms with Crippen molar-refractivity contribution in [2.24, 2.45) is 5.41 Å². The Labute approximate surface area is 106 Å². The Hall–Kier alpha value is -1.18. The minimum atomic E-state index is -1.33. The highest BCUT2D eigenvalue weighted by molar-refractivity contribution is 5.82. The Morgan fingerprint density at radius 2 is 1.78 bits per heavy atom. The summed E-state index contributed by atoms with van der Waals surface area (Å²) in [7, 11) is 0. The average molecular weight is 262 g/mol. The van der Waals surface area contributed by atoms with Gasteiger partial charge >= 0.3 is 0 Å². The largest absolute Gasteiger partial charge is 0.396 e. The van der Waals surface area contributed by atoms with E-state index in [1.54, 1.807) is 13.8 Å². The molecule has 0 aliphatic carbocycles. The molecule has 0 bridgehead atoms. The van der Waals surface area contributed by atoms with Crippen molar-refractivity contribution in [2.75, 3.05) is 26.3 Å². The Morgan fingerprint density at radius 3 is 2.28 bits per heavy atom. The molecule has 0 aromatic carbocycles. The number of amides is 2. The minimum Gasteiger partial charge on any atom is -0.396 e. The smallest absolute Gasteiger partial charge is 0.249 e. The third-order valence-electron chi connectivity index (χ3n) is 2.48. The normalized spacial score (nSPS) is 12.9. The van der Waals surface area contributed by atoms with Crippen molar-refractivity contribution >= 4 is 11.8 Å². The maximum Gasteiger partial charge on any atom is 0.249 e. The van der Waals surface area contributed by atoms with Gasteiger partial charge in [0.15, 0.2) is 0 Å². The Morgan fingerprint density at radius 1 is 1.17 bits per heavy atom.